The van der Waals surface area contributed by atoms with Crippen LogP contribution in [0.15, 0.2) is 61.2 Å². The molecule has 0 unspecified atom stereocenters. The van der Waals surface area contributed by atoms with Crippen LogP contribution in [0.1, 0.15) is 5.56 Å². The molecule has 53 heavy (non-hydrogen) atoms. The molecule has 0 radical (unpaired) electrons. The van der Waals surface area contributed by atoms with Crippen molar-refractivity contribution in [2.45, 2.75) is 6.54 Å². The number of ether oxygens (including phenoxy) is 3. The van der Waals surface area contributed by atoms with E-state index >= 15 is 0 Å². The molecule has 2 aromatic carbocycles. The third kappa shape index (κ3) is 7.31. The van der Waals surface area contributed by atoms with Crippen LogP contribution in [0, 0.1) is 6.57 Å². The van der Waals surface area contributed by atoms with Crippen molar-refractivity contribution < 1.29 is 14.2 Å². The molecule has 6 heterocycles. The van der Waals surface area contributed by atoms with E-state index in [1.54, 1.807) is 37.6 Å². The fourth-order valence-electron chi connectivity index (χ4n) is 6.59. The van der Waals surface area contributed by atoms with Gasteiger partial charge >= 0.3 is 0 Å². The minimum Gasteiger partial charge on any atom is -0.492 e. The summed E-state index contributed by atoms with van der Waals surface area (Å²) in [4.78, 5) is 17.1. The lowest BCUT2D eigenvalue weighted by Crippen LogP contribution is -2.36. The number of rotatable bonds is 6. The van der Waals surface area contributed by atoms with Gasteiger partial charge in [-0.05, 0) is 29.8 Å². The van der Waals surface area contributed by atoms with E-state index in [9.17, 15) is 0 Å². The molecule has 2 N–H and O–H groups in total. The van der Waals surface area contributed by atoms with Crippen molar-refractivity contribution in [3.8, 4) is 28.0 Å². The molecule has 0 amide bonds. The topological polar surface area (TPSA) is 99.1 Å². The van der Waals surface area contributed by atoms with E-state index in [-0.39, 0.29) is 0 Å². The monoisotopic (exact) mass is 812 g/mol. The first kappa shape index (κ1) is 37.4. The first-order valence-corrected chi connectivity index (χ1v) is 18.5. The van der Waals surface area contributed by atoms with Crippen LogP contribution in [-0.2, 0) is 16.0 Å². The highest BCUT2D eigenvalue weighted by molar-refractivity contribution is 6.39. The molecule has 2 aliphatic heterocycles. The number of halogens is 5. The summed E-state index contributed by atoms with van der Waals surface area (Å²) in [6.45, 7) is 13.8. The summed E-state index contributed by atoms with van der Waals surface area (Å²) < 4.78 is 20.5. The van der Waals surface area contributed by atoms with E-state index < -0.39 is 0 Å². The van der Waals surface area contributed by atoms with Gasteiger partial charge in [-0.3, -0.25) is 8.80 Å². The Kier molecular flexibility index (Phi) is 11.4. The number of hydrogen-bond donors (Lipinski definition) is 1. The summed E-state index contributed by atoms with van der Waals surface area (Å²) in [6.07, 6.45) is 7.51. The zero-order valence-corrected chi connectivity index (χ0v) is 32.2. The maximum atomic E-state index is 7.57. The largest absolute Gasteiger partial charge is 0.492 e. The van der Waals surface area contributed by atoms with Gasteiger partial charge in [0.2, 0.25) is 5.69 Å². The van der Waals surface area contributed by atoms with Crippen molar-refractivity contribution in [1.82, 2.24) is 18.8 Å². The SMILES string of the molecule is COc1c(CN)c(-c2ccc(Cl)cc2Cl)cn2c(N3CCOCC3)cnc12.[C-]#[N+]c1c(-c2ccc(Cl)cc2Cl)cn2c(N3CCOCC3)cnc2c1Cl. The van der Waals surface area contributed by atoms with Crippen LogP contribution in [0.25, 0.3) is 38.4 Å². The number of anilines is 2. The highest BCUT2D eigenvalue weighted by atomic mass is 35.5. The van der Waals surface area contributed by atoms with Crippen molar-refractivity contribution >= 4 is 86.6 Å². The first-order chi connectivity index (χ1) is 25.7. The normalized spacial score (nSPS) is 14.7. The van der Waals surface area contributed by atoms with Gasteiger partial charge in [0, 0.05) is 87.5 Å². The average molecular weight is 815 g/mol. The van der Waals surface area contributed by atoms with E-state index in [4.69, 9.17) is 84.5 Å². The Labute approximate surface area is 331 Å². The van der Waals surface area contributed by atoms with Crippen LogP contribution in [-0.4, -0.2) is 78.5 Å². The second kappa shape index (κ2) is 16.2. The first-order valence-electron chi connectivity index (χ1n) is 16.6. The van der Waals surface area contributed by atoms with Crippen LogP contribution in [0.2, 0.25) is 25.1 Å². The molecule has 2 fully saturated rings. The Morgan fingerprint density at radius 2 is 1.23 bits per heavy atom. The number of imidazole rings is 2. The highest BCUT2D eigenvalue weighted by Gasteiger charge is 2.24. The second-order valence-electron chi connectivity index (χ2n) is 12.1. The minimum absolute atomic E-state index is 0.299. The molecule has 2 saturated heterocycles. The van der Waals surface area contributed by atoms with Gasteiger partial charge in [0.05, 0.1) is 57.5 Å². The maximum Gasteiger partial charge on any atom is 0.218 e. The highest BCUT2D eigenvalue weighted by Crippen LogP contribution is 2.43. The Morgan fingerprint density at radius 3 is 1.72 bits per heavy atom. The van der Waals surface area contributed by atoms with Crippen molar-refractivity contribution in [3.05, 3.63) is 103 Å². The number of benzene rings is 2. The number of methoxy groups -OCH3 is 1. The number of pyridine rings is 2. The lowest BCUT2D eigenvalue weighted by atomic mass is 10.0. The number of aromatic nitrogens is 4. The number of nitrogens with two attached hydrogens (primary N) is 1. The van der Waals surface area contributed by atoms with E-state index in [0.717, 1.165) is 60.2 Å². The fraction of sp³-hybridized carbons (Fsp3) is 0.270. The van der Waals surface area contributed by atoms with Crippen molar-refractivity contribution in [1.29, 1.82) is 0 Å². The summed E-state index contributed by atoms with van der Waals surface area (Å²) in [7, 11) is 1.63. The van der Waals surface area contributed by atoms with E-state index in [0.29, 0.717) is 86.3 Å². The Morgan fingerprint density at radius 1 is 0.736 bits per heavy atom. The molecular weight excluding hydrogens is 782 g/mol. The van der Waals surface area contributed by atoms with Gasteiger partial charge < -0.3 is 29.7 Å². The molecule has 2 aliphatic rings. The molecule has 16 heteroatoms. The van der Waals surface area contributed by atoms with Gasteiger partial charge in [-0.25, -0.2) is 14.8 Å². The molecule has 0 atom stereocenters. The van der Waals surface area contributed by atoms with Gasteiger partial charge in [0.25, 0.3) is 0 Å². The second-order valence-corrected chi connectivity index (χ2v) is 14.2. The molecule has 0 bridgehead atoms. The summed E-state index contributed by atoms with van der Waals surface area (Å²) in [5, 5.41) is 2.45. The van der Waals surface area contributed by atoms with Crippen LogP contribution in [0.4, 0.5) is 17.3 Å². The number of morpholine rings is 2. The van der Waals surface area contributed by atoms with E-state index in [1.165, 1.54) is 0 Å². The molecule has 6 aromatic rings. The third-order valence-electron chi connectivity index (χ3n) is 9.17. The van der Waals surface area contributed by atoms with E-state index in [2.05, 4.69) is 24.6 Å². The lowest BCUT2D eigenvalue weighted by molar-refractivity contribution is 0.122. The standard InChI is InChI=1S/C19H20Cl2N4O2.C18H13Cl3N4O/c1-26-18-14(9-22)15(13-3-2-12(20)8-16(13)21)11-25-17(10-23-19(18)25)24-4-6-27-7-5-24;1-22-17-13(12-3-2-11(19)8-14(12)20)10-25-15(9-23-18(25)16(17)21)24-4-6-26-7-5-24/h2-3,8,10-11H,4-7,9,22H2,1H3;2-3,8-10H,4-7H2. The predicted octanol–water partition coefficient (Wildman–Crippen LogP) is 8.96. The molecule has 274 valence electrons. The average Bonchev–Trinajstić information content (AvgIpc) is 3.80. The van der Waals surface area contributed by atoms with Gasteiger partial charge in [-0.15, -0.1) is 0 Å². The summed E-state index contributed by atoms with van der Waals surface area (Å²) >= 11 is 31.5. The number of fused-ring (bicyclic) bond motifs is 2. The van der Waals surface area contributed by atoms with Crippen LogP contribution in [0.5, 0.6) is 5.75 Å². The molecule has 0 aliphatic carbocycles. The molecule has 11 nitrogen and oxygen atoms in total. The number of hydrogen-bond acceptors (Lipinski definition) is 8. The number of nitrogens with zero attached hydrogens (tertiary/aromatic N) is 7. The van der Waals surface area contributed by atoms with Crippen LogP contribution < -0.4 is 20.3 Å². The minimum atomic E-state index is 0.299. The zero-order chi connectivity index (χ0) is 37.2. The molecule has 0 saturated carbocycles. The molecule has 0 spiro atoms. The Hall–Kier alpha value is -3.96. The van der Waals surface area contributed by atoms with Crippen LogP contribution in [0.3, 0.4) is 0 Å². The van der Waals surface area contributed by atoms with Crippen molar-refractivity contribution in [2.24, 2.45) is 5.73 Å². The fourth-order valence-corrected chi connectivity index (χ4v) is 7.90. The van der Waals surface area contributed by atoms with Crippen molar-refractivity contribution in [2.75, 3.05) is 69.5 Å². The van der Waals surface area contributed by atoms with Gasteiger partial charge in [0.1, 0.15) is 17.3 Å². The van der Waals surface area contributed by atoms with Crippen molar-refractivity contribution in [3.63, 3.8) is 0 Å². The van der Waals surface area contributed by atoms with Gasteiger partial charge in [-0.2, -0.15) is 0 Å². The lowest BCUT2D eigenvalue weighted by Gasteiger charge is -2.28. The molecule has 4 aromatic heterocycles. The predicted molar refractivity (Wildman–Crippen MR) is 213 cm³/mol. The molecular formula is C37H33Cl5N8O3. The third-order valence-corrected chi connectivity index (χ3v) is 10.6. The zero-order valence-electron chi connectivity index (χ0n) is 28.5. The summed E-state index contributed by atoms with van der Waals surface area (Å²) in [5.41, 5.74) is 11.6. The van der Waals surface area contributed by atoms with Gasteiger partial charge in [-0.1, -0.05) is 70.1 Å². The Bertz CT molecular complexity index is 2350. The summed E-state index contributed by atoms with van der Waals surface area (Å²) in [6, 6.07) is 10.6. The van der Waals surface area contributed by atoms with E-state index in [1.807, 2.05) is 39.5 Å². The van der Waals surface area contributed by atoms with Gasteiger partial charge in [0.15, 0.2) is 11.4 Å². The quantitative estimate of drug-likeness (QED) is 0.167. The summed E-state index contributed by atoms with van der Waals surface area (Å²) in [5.74, 6) is 2.55. The maximum absolute atomic E-state index is 7.57. The van der Waals surface area contributed by atoms with Crippen LogP contribution >= 0.6 is 58.0 Å². The smallest absolute Gasteiger partial charge is 0.218 e. The molecule has 8 rings (SSSR count). The Balaban J connectivity index is 0.000000164.